The lowest BCUT2D eigenvalue weighted by molar-refractivity contribution is 0.0453. The number of hydrogen-bond acceptors (Lipinski definition) is 4. The average molecular weight is 265 g/mol. The molecule has 1 heterocycles. The topological polar surface area (TPSA) is 59.0 Å². The van der Waals surface area contributed by atoms with Crippen molar-refractivity contribution in [1.82, 2.24) is 0 Å². The summed E-state index contributed by atoms with van der Waals surface area (Å²) in [6.45, 7) is 4.35. The van der Waals surface area contributed by atoms with Gasteiger partial charge in [0.2, 0.25) is 0 Å². The van der Waals surface area contributed by atoms with Crippen LogP contribution in [0.3, 0.4) is 0 Å². The summed E-state index contributed by atoms with van der Waals surface area (Å²) in [5.41, 5.74) is 0.775. The number of anilines is 1. The van der Waals surface area contributed by atoms with E-state index in [9.17, 15) is 4.79 Å². The molecule has 1 fully saturated rings. The predicted octanol–water partition coefficient (Wildman–Crippen LogP) is 2.18. The molecule has 104 valence electrons. The minimum Gasteiger partial charge on any atom is -0.491 e. The standard InChI is InChI=1S/C14H19NO4/c1-10(2)18-12-5-3-11(4-6-12)15-8-7-13(9-16)19-14(15)17/h3-6,10,13,16H,7-9H2,1-2H3. The second-order valence-corrected chi connectivity index (χ2v) is 4.79. The molecule has 0 radical (unpaired) electrons. The van der Waals surface area contributed by atoms with E-state index in [1.165, 1.54) is 0 Å². The number of hydrogen-bond donors (Lipinski definition) is 1. The van der Waals surface area contributed by atoms with Gasteiger partial charge in [-0.15, -0.1) is 0 Å². The van der Waals surface area contributed by atoms with Crippen LogP contribution in [0.25, 0.3) is 0 Å². The summed E-state index contributed by atoms with van der Waals surface area (Å²) >= 11 is 0. The summed E-state index contributed by atoms with van der Waals surface area (Å²) < 4.78 is 10.7. The quantitative estimate of drug-likeness (QED) is 0.906. The molecule has 5 nitrogen and oxygen atoms in total. The number of aliphatic hydroxyl groups is 1. The summed E-state index contributed by atoms with van der Waals surface area (Å²) in [5, 5.41) is 8.97. The van der Waals surface area contributed by atoms with Gasteiger partial charge in [0, 0.05) is 18.7 Å². The Kier molecular flexibility index (Phi) is 4.27. The highest BCUT2D eigenvalue weighted by atomic mass is 16.6. The molecule has 0 aliphatic carbocycles. The van der Waals surface area contributed by atoms with Crippen molar-refractivity contribution >= 4 is 11.8 Å². The van der Waals surface area contributed by atoms with Gasteiger partial charge in [-0.25, -0.2) is 4.79 Å². The molecule has 1 aliphatic heterocycles. The zero-order chi connectivity index (χ0) is 13.8. The van der Waals surface area contributed by atoms with Crippen molar-refractivity contribution in [1.29, 1.82) is 0 Å². The van der Waals surface area contributed by atoms with Gasteiger partial charge in [-0.1, -0.05) is 0 Å². The normalized spacial score (nSPS) is 19.5. The molecule has 0 spiro atoms. The zero-order valence-electron chi connectivity index (χ0n) is 11.2. The van der Waals surface area contributed by atoms with Crippen LogP contribution >= 0.6 is 0 Å². The summed E-state index contributed by atoms with van der Waals surface area (Å²) in [4.78, 5) is 13.3. The van der Waals surface area contributed by atoms with E-state index in [0.717, 1.165) is 11.4 Å². The van der Waals surface area contributed by atoms with Gasteiger partial charge in [0.15, 0.2) is 0 Å². The lowest BCUT2D eigenvalue weighted by atomic mass is 10.2. The number of ether oxygens (including phenoxy) is 2. The van der Waals surface area contributed by atoms with Crippen LogP contribution in [0, 0.1) is 0 Å². The van der Waals surface area contributed by atoms with Gasteiger partial charge in [0.25, 0.3) is 0 Å². The van der Waals surface area contributed by atoms with Crippen LogP contribution < -0.4 is 9.64 Å². The van der Waals surface area contributed by atoms with Crippen LogP contribution in [0.15, 0.2) is 24.3 Å². The number of cyclic esters (lactones) is 1. The third kappa shape index (κ3) is 3.38. The molecule has 1 aliphatic rings. The summed E-state index contributed by atoms with van der Waals surface area (Å²) in [6, 6.07) is 7.33. The third-order valence-corrected chi connectivity index (χ3v) is 2.89. The smallest absolute Gasteiger partial charge is 0.414 e. The Balaban J connectivity index is 2.04. The Morgan fingerprint density at radius 2 is 2.11 bits per heavy atom. The highest BCUT2D eigenvalue weighted by Crippen LogP contribution is 2.24. The molecular formula is C14H19NO4. The zero-order valence-corrected chi connectivity index (χ0v) is 11.2. The number of carbonyl (C=O) groups is 1. The van der Waals surface area contributed by atoms with Gasteiger partial charge < -0.3 is 14.6 Å². The number of nitrogens with zero attached hydrogens (tertiary/aromatic N) is 1. The SMILES string of the molecule is CC(C)Oc1ccc(N2CCC(CO)OC2=O)cc1. The van der Waals surface area contributed by atoms with E-state index in [1.54, 1.807) is 4.90 Å². The van der Waals surface area contributed by atoms with Crippen molar-refractivity contribution < 1.29 is 19.4 Å². The molecule has 0 aromatic heterocycles. The maximum Gasteiger partial charge on any atom is 0.414 e. The minimum atomic E-state index is -0.414. The lowest BCUT2D eigenvalue weighted by Crippen LogP contribution is -2.43. The van der Waals surface area contributed by atoms with Gasteiger partial charge in [-0.3, -0.25) is 4.90 Å². The van der Waals surface area contributed by atoms with Crippen molar-refractivity contribution in [2.24, 2.45) is 0 Å². The number of rotatable bonds is 4. The van der Waals surface area contributed by atoms with Crippen molar-refractivity contribution in [3.63, 3.8) is 0 Å². The van der Waals surface area contributed by atoms with E-state index < -0.39 is 6.09 Å². The number of carbonyl (C=O) groups excluding carboxylic acids is 1. The van der Waals surface area contributed by atoms with Crippen LogP contribution in [-0.2, 0) is 4.74 Å². The maximum atomic E-state index is 11.8. The summed E-state index contributed by atoms with van der Waals surface area (Å²) in [5.74, 6) is 0.775. The maximum absolute atomic E-state index is 11.8. The molecular weight excluding hydrogens is 246 g/mol. The van der Waals surface area contributed by atoms with Crippen LogP contribution in [0.4, 0.5) is 10.5 Å². The van der Waals surface area contributed by atoms with E-state index in [0.29, 0.717) is 13.0 Å². The molecule has 1 unspecified atom stereocenters. The first-order valence-corrected chi connectivity index (χ1v) is 6.46. The third-order valence-electron chi connectivity index (χ3n) is 2.89. The highest BCUT2D eigenvalue weighted by molar-refractivity contribution is 5.88. The van der Waals surface area contributed by atoms with Crippen LogP contribution in [0.5, 0.6) is 5.75 Å². The predicted molar refractivity (Wildman–Crippen MR) is 71.5 cm³/mol. The second kappa shape index (κ2) is 5.93. The molecule has 1 amide bonds. The van der Waals surface area contributed by atoms with Gasteiger partial charge in [0.05, 0.1) is 12.7 Å². The fourth-order valence-corrected chi connectivity index (χ4v) is 1.97. The van der Waals surface area contributed by atoms with Gasteiger partial charge in [-0.05, 0) is 38.1 Å². The van der Waals surface area contributed by atoms with E-state index in [2.05, 4.69) is 0 Å². The first-order valence-electron chi connectivity index (χ1n) is 6.46. The highest BCUT2D eigenvalue weighted by Gasteiger charge is 2.27. The summed E-state index contributed by atoms with van der Waals surface area (Å²) in [7, 11) is 0. The van der Waals surface area contributed by atoms with E-state index in [-0.39, 0.29) is 18.8 Å². The molecule has 1 aromatic carbocycles. The second-order valence-electron chi connectivity index (χ2n) is 4.79. The number of benzene rings is 1. The molecule has 5 heteroatoms. The van der Waals surface area contributed by atoms with Gasteiger partial charge in [0.1, 0.15) is 11.9 Å². The van der Waals surface area contributed by atoms with E-state index >= 15 is 0 Å². The molecule has 0 bridgehead atoms. The van der Waals surface area contributed by atoms with E-state index in [1.807, 2.05) is 38.1 Å². The Morgan fingerprint density at radius 3 is 2.63 bits per heavy atom. The molecule has 2 rings (SSSR count). The van der Waals surface area contributed by atoms with Crippen LogP contribution in [-0.4, -0.2) is 36.6 Å². The lowest BCUT2D eigenvalue weighted by Gasteiger charge is -2.31. The molecule has 19 heavy (non-hydrogen) atoms. The van der Waals surface area contributed by atoms with Crippen LogP contribution in [0.2, 0.25) is 0 Å². The Hall–Kier alpha value is -1.75. The molecule has 0 saturated carbocycles. The average Bonchev–Trinajstić information content (AvgIpc) is 2.39. The van der Waals surface area contributed by atoms with Crippen molar-refractivity contribution in [2.45, 2.75) is 32.5 Å². The van der Waals surface area contributed by atoms with Crippen LogP contribution in [0.1, 0.15) is 20.3 Å². The van der Waals surface area contributed by atoms with Crippen molar-refractivity contribution in [3.8, 4) is 5.75 Å². The Morgan fingerprint density at radius 1 is 1.42 bits per heavy atom. The largest absolute Gasteiger partial charge is 0.491 e. The molecule has 1 aromatic rings. The van der Waals surface area contributed by atoms with Gasteiger partial charge in [-0.2, -0.15) is 0 Å². The Bertz CT molecular complexity index is 430. The Labute approximate surface area is 112 Å². The fourth-order valence-electron chi connectivity index (χ4n) is 1.97. The summed E-state index contributed by atoms with van der Waals surface area (Å²) in [6.07, 6.45) is -0.0433. The first-order chi connectivity index (χ1) is 9.10. The molecule has 1 atom stereocenters. The van der Waals surface area contributed by atoms with Crippen molar-refractivity contribution in [3.05, 3.63) is 24.3 Å². The van der Waals surface area contributed by atoms with E-state index in [4.69, 9.17) is 14.6 Å². The fraction of sp³-hybridized carbons (Fsp3) is 0.500. The number of amides is 1. The van der Waals surface area contributed by atoms with Crippen molar-refractivity contribution in [2.75, 3.05) is 18.1 Å². The monoisotopic (exact) mass is 265 g/mol. The number of aliphatic hydroxyl groups excluding tert-OH is 1. The first kappa shape index (κ1) is 13.7. The minimum absolute atomic E-state index is 0.121. The van der Waals surface area contributed by atoms with Gasteiger partial charge >= 0.3 is 6.09 Å². The molecule has 1 N–H and O–H groups in total. The molecule has 1 saturated heterocycles.